The summed E-state index contributed by atoms with van der Waals surface area (Å²) in [6.45, 7) is 11.1. The maximum Gasteiger partial charge on any atom is 0.315 e. The van der Waals surface area contributed by atoms with Gasteiger partial charge in [0.15, 0.2) is 0 Å². The molecule has 2 saturated heterocycles. The quantitative estimate of drug-likeness (QED) is 0.198. The zero-order chi connectivity index (χ0) is 37.6. The van der Waals surface area contributed by atoms with Crippen LogP contribution in [0.5, 0.6) is 0 Å². The Morgan fingerprint density at radius 1 is 0.865 bits per heavy atom. The van der Waals surface area contributed by atoms with E-state index in [0.717, 1.165) is 70.6 Å². The number of hydrogen-bond donors (Lipinski definition) is 4. The number of amides is 5. The fourth-order valence-electron chi connectivity index (χ4n) is 9.13. The molecule has 2 aliphatic heterocycles. The van der Waals surface area contributed by atoms with E-state index in [-0.39, 0.29) is 29.0 Å². The lowest BCUT2D eigenvalue weighted by Crippen LogP contribution is -2.64. The first-order valence-corrected chi connectivity index (χ1v) is 21.5. The summed E-state index contributed by atoms with van der Waals surface area (Å²) in [5.41, 5.74) is -1.88. The van der Waals surface area contributed by atoms with Gasteiger partial charge >= 0.3 is 6.03 Å². The summed E-state index contributed by atoms with van der Waals surface area (Å²) in [5, 5.41) is 11.7. The third-order valence-corrected chi connectivity index (χ3v) is 14.9. The Labute approximate surface area is 309 Å². The highest BCUT2D eigenvalue weighted by Gasteiger charge is 2.70. The van der Waals surface area contributed by atoms with Gasteiger partial charge in [0.25, 0.3) is 5.91 Å². The van der Waals surface area contributed by atoms with Gasteiger partial charge in [0.05, 0.1) is 17.3 Å². The second-order valence-corrected chi connectivity index (χ2v) is 20.5. The normalized spacial score (nSPS) is 28.2. The molecule has 4 saturated carbocycles. The zero-order valence-corrected chi connectivity index (χ0v) is 32.7. The first-order valence-electron chi connectivity index (χ1n) is 19.9. The van der Waals surface area contributed by atoms with Gasteiger partial charge in [-0.2, -0.15) is 0 Å². The number of Topliss-reactive ketones (excluding diaryl/α,β-unsaturated/α-hetero) is 1. The van der Waals surface area contributed by atoms with Crippen LogP contribution in [0, 0.1) is 28.6 Å². The van der Waals surface area contributed by atoms with Crippen LogP contribution in [-0.2, 0) is 29.2 Å². The van der Waals surface area contributed by atoms with E-state index >= 15 is 0 Å². The van der Waals surface area contributed by atoms with Gasteiger partial charge in [-0.3, -0.25) is 19.2 Å². The van der Waals surface area contributed by atoms with Crippen LogP contribution in [0.3, 0.4) is 0 Å². The van der Waals surface area contributed by atoms with E-state index in [0.29, 0.717) is 44.8 Å². The highest BCUT2D eigenvalue weighted by molar-refractivity contribution is 7.89. The first kappa shape index (κ1) is 39.0. The maximum absolute atomic E-state index is 14.6. The summed E-state index contributed by atoms with van der Waals surface area (Å²) in [7, 11) is -3.61. The van der Waals surface area contributed by atoms with E-state index in [9.17, 15) is 32.4 Å². The molecule has 4 N–H and O–H groups in total. The van der Waals surface area contributed by atoms with Gasteiger partial charge in [0.2, 0.25) is 27.6 Å². The molecule has 14 heteroatoms. The van der Waals surface area contributed by atoms with Crippen molar-refractivity contribution in [3.05, 3.63) is 0 Å². The monoisotopic (exact) mass is 746 g/mol. The van der Waals surface area contributed by atoms with Gasteiger partial charge in [-0.1, -0.05) is 73.1 Å². The molecule has 6 rings (SSSR count). The minimum atomic E-state index is -3.61. The highest BCUT2D eigenvalue weighted by Crippen LogP contribution is 2.65. The van der Waals surface area contributed by atoms with Crippen molar-refractivity contribution in [2.75, 3.05) is 25.4 Å². The summed E-state index contributed by atoms with van der Waals surface area (Å²) in [6.07, 6.45) is 11.3. The Hall–Kier alpha value is -2.74. The van der Waals surface area contributed by atoms with Gasteiger partial charge in [-0.05, 0) is 80.0 Å². The number of carbonyl (C=O) groups excluding carboxylic acids is 5. The average Bonchev–Trinajstić information content (AvgIpc) is 4.04. The van der Waals surface area contributed by atoms with Gasteiger partial charge in [0, 0.05) is 25.7 Å². The Balaban J connectivity index is 1.17. The number of fused-ring (bicyclic) bond motifs is 1. The lowest BCUT2D eigenvalue weighted by atomic mass is 9.83. The Bertz CT molecular complexity index is 1510. The number of sulfonamides is 1. The van der Waals surface area contributed by atoms with E-state index in [4.69, 9.17) is 0 Å². The van der Waals surface area contributed by atoms with Gasteiger partial charge < -0.3 is 26.2 Å². The van der Waals surface area contributed by atoms with Crippen molar-refractivity contribution in [3.8, 4) is 0 Å². The van der Waals surface area contributed by atoms with Crippen molar-refractivity contribution in [1.82, 2.24) is 30.5 Å². The summed E-state index contributed by atoms with van der Waals surface area (Å²) < 4.78 is 28.7. The van der Waals surface area contributed by atoms with Gasteiger partial charge in [-0.15, -0.1) is 0 Å². The molecule has 5 amide bonds. The van der Waals surface area contributed by atoms with Crippen LogP contribution in [-0.4, -0.2) is 102 Å². The minimum absolute atomic E-state index is 0.0123. The van der Waals surface area contributed by atoms with Gasteiger partial charge in [-0.25, -0.2) is 17.5 Å². The molecule has 292 valence electrons. The number of piperidine rings is 2. The third kappa shape index (κ3) is 8.79. The lowest BCUT2D eigenvalue weighted by molar-refractivity contribution is -0.145. The van der Waals surface area contributed by atoms with Crippen molar-refractivity contribution in [2.45, 2.75) is 154 Å². The number of carbonyl (C=O) groups is 5. The molecule has 0 spiro atoms. The smallest absolute Gasteiger partial charge is 0.315 e. The summed E-state index contributed by atoms with van der Waals surface area (Å²) >= 11 is 0. The van der Waals surface area contributed by atoms with E-state index in [1.165, 1.54) is 0 Å². The van der Waals surface area contributed by atoms with Gasteiger partial charge in [0.1, 0.15) is 12.1 Å². The standard InChI is InChI=1S/C38H62N6O7S/c1-36(2,3)31(41-35(49)42-38(18-8-6-9-19-38)23-52(50,51)43-20-10-7-11-21-43)34(48)44-22-26-28(37(26,4)5)29(44)32(46)40-27(17-14-24-12-13-24)30(45)33(47)39-25-15-16-25/h24-29,31H,6-23H2,1-5H3,(H,39,47)(H,40,46)(H2,41,42,49)/t26-,27-,28-,29-,31+/m0/s1. The van der Waals surface area contributed by atoms with E-state index < -0.39 is 68.6 Å². The Morgan fingerprint density at radius 2 is 1.50 bits per heavy atom. The van der Waals surface area contributed by atoms with Crippen LogP contribution in [0.15, 0.2) is 0 Å². The molecule has 0 aromatic carbocycles. The zero-order valence-electron chi connectivity index (χ0n) is 31.9. The van der Waals surface area contributed by atoms with E-state index in [1.807, 2.05) is 20.8 Å². The topological polar surface area (TPSA) is 174 Å². The third-order valence-electron chi connectivity index (χ3n) is 12.8. The van der Waals surface area contributed by atoms with Crippen molar-refractivity contribution >= 4 is 39.6 Å². The molecular formula is C38H62N6O7S. The van der Waals surface area contributed by atoms with Crippen LogP contribution in [0.4, 0.5) is 4.79 Å². The molecule has 4 aliphatic carbocycles. The molecule has 0 unspecified atom stereocenters. The predicted molar refractivity (Wildman–Crippen MR) is 196 cm³/mol. The van der Waals surface area contributed by atoms with Crippen molar-refractivity contribution in [1.29, 1.82) is 0 Å². The van der Waals surface area contributed by atoms with Crippen LogP contribution in [0.2, 0.25) is 0 Å². The number of likely N-dealkylation sites (tertiary alicyclic amines) is 1. The SMILES string of the molecule is CC(C)(C)[C@H](NC(=O)NC1(CS(=O)(=O)N2CCCCC2)CCCCC1)C(=O)N1C[C@H]2[C@@H]([C@H]1C(=O)N[C@@H](CCC1CC1)C(=O)C(=O)NC1CC1)C2(C)C. The summed E-state index contributed by atoms with van der Waals surface area (Å²) in [4.78, 5) is 70.4. The van der Waals surface area contributed by atoms with E-state index in [1.54, 1.807) is 9.21 Å². The average molecular weight is 747 g/mol. The number of nitrogens with one attached hydrogen (secondary N) is 4. The number of hydrogen-bond acceptors (Lipinski definition) is 7. The molecular weight excluding hydrogens is 685 g/mol. The van der Waals surface area contributed by atoms with Crippen LogP contribution in [0.1, 0.15) is 125 Å². The second kappa shape index (κ2) is 14.8. The Morgan fingerprint density at radius 3 is 2.10 bits per heavy atom. The van der Waals surface area contributed by atoms with Crippen molar-refractivity contribution in [3.63, 3.8) is 0 Å². The molecule has 0 radical (unpaired) electrons. The number of rotatable bonds is 14. The number of urea groups is 1. The Kier molecular flexibility index (Phi) is 11.1. The first-order chi connectivity index (χ1) is 24.4. The number of nitrogens with zero attached hydrogens (tertiary/aromatic N) is 2. The molecule has 0 aromatic heterocycles. The molecule has 6 fully saturated rings. The minimum Gasteiger partial charge on any atom is -0.347 e. The number of ketones is 1. The molecule has 2 heterocycles. The molecule has 6 aliphatic rings. The summed E-state index contributed by atoms with van der Waals surface area (Å²) in [5.74, 6) is -1.88. The molecule has 0 aromatic rings. The fraction of sp³-hybridized carbons (Fsp3) is 0.868. The van der Waals surface area contributed by atoms with Crippen LogP contribution < -0.4 is 21.3 Å². The van der Waals surface area contributed by atoms with Crippen LogP contribution >= 0.6 is 0 Å². The second-order valence-electron chi connectivity index (χ2n) is 18.5. The van der Waals surface area contributed by atoms with Crippen molar-refractivity contribution < 1.29 is 32.4 Å². The predicted octanol–water partition coefficient (Wildman–Crippen LogP) is 3.22. The largest absolute Gasteiger partial charge is 0.347 e. The molecule has 0 bridgehead atoms. The molecule has 5 atom stereocenters. The lowest BCUT2D eigenvalue weighted by Gasteiger charge is -2.41. The highest BCUT2D eigenvalue weighted by atomic mass is 32.2. The van der Waals surface area contributed by atoms with E-state index in [2.05, 4.69) is 35.1 Å². The van der Waals surface area contributed by atoms with Crippen molar-refractivity contribution in [2.24, 2.45) is 28.6 Å². The molecule has 13 nitrogen and oxygen atoms in total. The maximum atomic E-state index is 14.6. The van der Waals surface area contributed by atoms with Crippen LogP contribution in [0.25, 0.3) is 0 Å². The summed E-state index contributed by atoms with van der Waals surface area (Å²) in [6, 6.07) is -3.43. The molecule has 52 heavy (non-hydrogen) atoms. The fourth-order valence-corrected chi connectivity index (χ4v) is 11.2.